The molecule has 1 fully saturated rings. The quantitative estimate of drug-likeness (QED) is 0.690. The average Bonchev–Trinajstić information content (AvgIpc) is 3.23. The van der Waals surface area contributed by atoms with Crippen LogP contribution in [0.4, 0.5) is 5.69 Å². The number of rotatable bonds is 4. The monoisotopic (exact) mass is 431 g/mol. The topological polar surface area (TPSA) is 62.2 Å². The highest BCUT2D eigenvalue weighted by Gasteiger charge is 2.54. The first-order valence-corrected chi connectivity index (χ1v) is 9.89. The van der Waals surface area contributed by atoms with Crippen LogP contribution < -0.4 is 4.90 Å². The van der Waals surface area contributed by atoms with Gasteiger partial charge in [0, 0.05) is 23.0 Å². The number of guanidine groups is 1. The van der Waals surface area contributed by atoms with Crippen molar-refractivity contribution in [2.75, 3.05) is 25.1 Å². The molecule has 1 amide bonds. The van der Waals surface area contributed by atoms with Crippen molar-refractivity contribution < 1.29 is 14.3 Å². The predicted octanol–water partition coefficient (Wildman–Crippen LogP) is 3.80. The maximum absolute atomic E-state index is 13.5. The van der Waals surface area contributed by atoms with Crippen molar-refractivity contribution in [3.05, 3.63) is 63.6 Å². The van der Waals surface area contributed by atoms with E-state index in [4.69, 9.17) is 27.9 Å². The summed E-state index contributed by atoms with van der Waals surface area (Å²) in [5.74, 6) is 0.131. The number of hydrogen-bond acceptors (Lipinski definition) is 5. The Hall–Kier alpha value is -2.57. The molecule has 2 aromatic carbocycles. The summed E-state index contributed by atoms with van der Waals surface area (Å²) in [5.41, 5.74) is 1.20. The first kappa shape index (κ1) is 19.7. The standard InChI is InChI=1S/C21H19Cl2N3O3/c1-21(12-13-3-5-14(6-4-13)18(27)29-2)19(28)26(20-24-7-8-25(20)21)17-10-15(22)9-16(23)11-17/h3-6,9-11H,7-8,12H2,1-2H3. The zero-order valence-corrected chi connectivity index (χ0v) is 17.5. The van der Waals surface area contributed by atoms with E-state index in [-0.39, 0.29) is 5.91 Å². The van der Waals surface area contributed by atoms with E-state index in [1.807, 2.05) is 24.0 Å². The Morgan fingerprint density at radius 3 is 2.45 bits per heavy atom. The Bertz CT molecular complexity index is 1000. The highest BCUT2D eigenvalue weighted by atomic mass is 35.5. The zero-order chi connectivity index (χ0) is 20.8. The number of benzene rings is 2. The summed E-state index contributed by atoms with van der Waals surface area (Å²) < 4.78 is 4.74. The number of nitrogens with zero attached hydrogens (tertiary/aromatic N) is 3. The molecule has 2 heterocycles. The molecule has 0 radical (unpaired) electrons. The molecule has 1 saturated heterocycles. The second-order valence-corrected chi connectivity index (χ2v) is 8.11. The number of carbonyl (C=O) groups is 2. The molecule has 0 saturated carbocycles. The van der Waals surface area contributed by atoms with Gasteiger partial charge in [0.2, 0.25) is 5.96 Å². The van der Waals surface area contributed by atoms with Crippen molar-refractivity contribution in [2.24, 2.45) is 4.99 Å². The van der Waals surface area contributed by atoms with Gasteiger partial charge < -0.3 is 9.64 Å². The van der Waals surface area contributed by atoms with Crippen molar-refractivity contribution in [2.45, 2.75) is 18.9 Å². The molecule has 0 spiro atoms. The smallest absolute Gasteiger partial charge is 0.337 e. The third-order valence-corrected chi connectivity index (χ3v) is 5.74. The van der Waals surface area contributed by atoms with Gasteiger partial charge >= 0.3 is 5.97 Å². The van der Waals surface area contributed by atoms with Crippen molar-refractivity contribution in [3.63, 3.8) is 0 Å². The lowest BCUT2D eigenvalue weighted by Crippen LogP contribution is -2.48. The third-order valence-electron chi connectivity index (χ3n) is 5.31. The van der Waals surface area contributed by atoms with Crippen LogP contribution in [0.15, 0.2) is 47.5 Å². The minimum Gasteiger partial charge on any atom is -0.465 e. The number of hydrogen-bond donors (Lipinski definition) is 0. The van der Waals surface area contributed by atoms with Crippen LogP contribution in [0, 0.1) is 0 Å². The maximum atomic E-state index is 13.5. The Morgan fingerprint density at radius 1 is 1.17 bits per heavy atom. The van der Waals surface area contributed by atoms with Crippen molar-refractivity contribution in [3.8, 4) is 0 Å². The van der Waals surface area contributed by atoms with E-state index < -0.39 is 11.5 Å². The molecule has 29 heavy (non-hydrogen) atoms. The van der Waals surface area contributed by atoms with Crippen molar-refractivity contribution in [1.82, 2.24) is 4.90 Å². The van der Waals surface area contributed by atoms with Crippen LogP contribution in [0.2, 0.25) is 10.0 Å². The fraction of sp³-hybridized carbons (Fsp3) is 0.286. The van der Waals surface area contributed by atoms with E-state index in [0.29, 0.717) is 46.8 Å². The minimum absolute atomic E-state index is 0.0914. The molecule has 0 N–H and O–H groups in total. The Balaban J connectivity index is 1.67. The van der Waals surface area contributed by atoms with E-state index in [1.54, 1.807) is 35.2 Å². The summed E-state index contributed by atoms with van der Waals surface area (Å²) in [7, 11) is 1.35. The summed E-state index contributed by atoms with van der Waals surface area (Å²) in [5, 5.41) is 0.912. The summed E-state index contributed by atoms with van der Waals surface area (Å²) in [6.07, 6.45) is 0.469. The fourth-order valence-corrected chi connectivity index (χ4v) is 4.40. The average molecular weight is 432 g/mol. The molecule has 6 nitrogen and oxygen atoms in total. The van der Waals surface area contributed by atoms with Crippen LogP contribution in [-0.4, -0.2) is 48.5 Å². The lowest BCUT2D eigenvalue weighted by atomic mass is 9.90. The molecule has 1 atom stereocenters. The number of fused-ring (bicyclic) bond motifs is 1. The van der Waals surface area contributed by atoms with Gasteiger partial charge in [-0.3, -0.25) is 9.79 Å². The lowest BCUT2D eigenvalue weighted by Gasteiger charge is -2.30. The summed E-state index contributed by atoms with van der Waals surface area (Å²) in [6, 6.07) is 12.1. The van der Waals surface area contributed by atoms with Gasteiger partial charge in [-0.15, -0.1) is 0 Å². The first-order valence-electron chi connectivity index (χ1n) is 9.13. The SMILES string of the molecule is COC(=O)c1ccc(CC2(C)C(=O)N(c3cc(Cl)cc(Cl)c3)C3=NCCN32)cc1. The highest BCUT2D eigenvalue weighted by Crippen LogP contribution is 2.38. The Labute approximate surface area is 178 Å². The van der Waals surface area contributed by atoms with Crippen LogP contribution in [0.25, 0.3) is 0 Å². The molecule has 8 heteroatoms. The number of halogens is 2. The van der Waals surface area contributed by atoms with E-state index in [0.717, 1.165) is 5.56 Å². The van der Waals surface area contributed by atoms with Gasteiger partial charge in [-0.2, -0.15) is 0 Å². The number of methoxy groups -OCH3 is 1. The van der Waals surface area contributed by atoms with Gasteiger partial charge in [-0.1, -0.05) is 35.3 Å². The van der Waals surface area contributed by atoms with Gasteiger partial charge in [0.15, 0.2) is 0 Å². The second-order valence-electron chi connectivity index (χ2n) is 7.24. The van der Waals surface area contributed by atoms with Crippen LogP contribution in [0.5, 0.6) is 0 Å². The van der Waals surface area contributed by atoms with Gasteiger partial charge in [-0.25, -0.2) is 9.69 Å². The lowest BCUT2D eigenvalue weighted by molar-refractivity contribution is -0.124. The molecule has 0 aliphatic carbocycles. The number of ether oxygens (including phenoxy) is 1. The number of anilines is 1. The first-order chi connectivity index (χ1) is 13.8. The molecule has 150 valence electrons. The normalized spacial score (nSPS) is 20.7. The number of carbonyl (C=O) groups excluding carboxylic acids is 2. The van der Waals surface area contributed by atoms with E-state index in [1.165, 1.54) is 7.11 Å². The molecule has 4 rings (SSSR count). The van der Waals surface area contributed by atoms with Crippen molar-refractivity contribution >= 4 is 46.7 Å². The summed E-state index contributed by atoms with van der Waals surface area (Å²) in [6.45, 7) is 3.18. The fourth-order valence-electron chi connectivity index (χ4n) is 3.89. The molecule has 2 aromatic rings. The minimum atomic E-state index is -0.809. The van der Waals surface area contributed by atoms with Crippen LogP contribution in [-0.2, 0) is 16.0 Å². The number of aliphatic imine (C=N–C) groups is 1. The molecule has 2 aliphatic rings. The molecule has 1 unspecified atom stereocenters. The van der Waals surface area contributed by atoms with Gasteiger partial charge in [0.1, 0.15) is 5.54 Å². The largest absolute Gasteiger partial charge is 0.465 e. The second kappa shape index (κ2) is 7.35. The maximum Gasteiger partial charge on any atom is 0.337 e. The van der Waals surface area contributed by atoms with Crippen LogP contribution in [0.3, 0.4) is 0 Å². The molecule has 0 bridgehead atoms. The van der Waals surface area contributed by atoms with E-state index >= 15 is 0 Å². The summed E-state index contributed by atoms with van der Waals surface area (Å²) in [4.78, 5) is 33.4. The van der Waals surface area contributed by atoms with E-state index in [2.05, 4.69) is 4.99 Å². The zero-order valence-electron chi connectivity index (χ0n) is 16.0. The van der Waals surface area contributed by atoms with E-state index in [9.17, 15) is 9.59 Å². The predicted molar refractivity (Wildman–Crippen MR) is 113 cm³/mol. The third kappa shape index (κ3) is 3.36. The van der Waals surface area contributed by atoms with Gasteiger partial charge in [-0.05, 0) is 42.8 Å². The molecular formula is C21H19Cl2N3O3. The van der Waals surface area contributed by atoms with Crippen LogP contribution >= 0.6 is 23.2 Å². The highest BCUT2D eigenvalue weighted by molar-refractivity contribution is 6.36. The Morgan fingerprint density at radius 2 is 1.83 bits per heavy atom. The number of amides is 1. The van der Waals surface area contributed by atoms with Crippen molar-refractivity contribution in [1.29, 1.82) is 0 Å². The number of esters is 1. The Kier molecular flexibility index (Phi) is 5.00. The summed E-state index contributed by atoms with van der Waals surface area (Å²) >= 11 is 12.3. The van der Waals surface area contributed by atoms with Crippen LogP contribution in [0.1, 0.15) is 22.8 Å². The molecule has 0 aromatic heterocycles. The van der Waals surface area contributed by atoms with Gasteiger partial charge in [0.25, 0.3) is 5.91 Å². The molecule has 2 aliphatic heterocycles. The van der Waals surface area contributed by atoms with Gasteiger partial charge in [0.05, 0.1) is 24.9 Å². The molecular weight excluding hydrogens is 413 g/mol.